The molecule has 0 radical (unpaired) electrons. The normalized spacial score (nSPS) is 14.9. The number of anilines is 1. The Morgan fingerprint density at radius 3 is 2.56 bits per heavy atom. The maximum absolute atomic E-state index is 12.0. The third-order valence-corrected chi connectivity index (χ3v) is 4.43. The number of hydrogen-bond donors (Lipinski definition) is 2. The molecule has 1 aliphatic rings. The van der Waals surface area contributed by atoms with Crippen molar-refractivity contribution in [3.05, 3.63) is 23.9 Å². The van der Waals surface area contributed by atoms with Crippen molar-refractivity contribution in [3.63, 3.8) is 0 Å². The molecule has 0 bridgehead atoms. The van der Waals surface area contributed by atoms with Crippen molar-refractivity contribution in [1.82, 2.24) is 15.2 Å². The quantitative estimate of drug-likeness (QED) is 0.813. The van der Waals surface area contributed by atoms with E-state index >= 15 is 0 Å². The molecule has 0 aliphatic carbocycles. The Bertz CT molecular complexity index is 625. The highest BCUT2D eigenvalue weighted by atomic mass is 16.2. The summed E-state index contributed by atoms with van der Waals surface area (Å²) >= 11 is 0. The minimum atomic E-state index is -0.181. The number of nitrogens with zero attached hydrogens (tertiary/aromatic N) is 2. The first-order valence-corrected chi connectivity index (χ1v) is 8.69. The van der Waals surface area contributed by atoms with Gasteiger partial charge in [-0.25, -0.2) is 4.98 Å². The smallest absolute Gasteiger partial charge is 0.241 e. The molecule has 136 valence electrons. The van der Waals surface area contributed by atoms with E-state index in [1.807, 2.05) is 17.0 Å². The van der Waals surface area contributed by atoms with Gasteiger partial charge in [-0.3, -0.25) is 14.4 Å². The molecule has 7 nitrogen and oxygen atoms in total. The van der Waals surface area contributed by atoms with Crippen LogP contribution in [-0.4, -0.2) is 47.2 Å². The summed E-state index contributed by atoms with van der Waals surface area (Å²) in [6.07, 6.45) is 5.66. The van der Waals surface area contributed by atoms with Crippen LogP contribution < -0.4 is 10.6 Å². The van der Waals surface area contributed by atoms with Crippen LogP contribution in [0, 0.1) is 5.92 Å². The van der Waals surface area contributed by atoms with Crippen LogP contribution in [-0.2, 0) is 20.8 Å². The van der Waals surface area contributed by atoms with Gasteiger partial charge in [0.1, 0.15) is 5.82 Å². The predicted octanol–water partition coefficient (Wildman–Crippen LogP) is 1.35. The number of amides is 3. The molecule has 1 aliphatic heterocycles. The SMILES string of the molecule is CC(=O)NCC(=O)N1CCC(CCc2ccnc(NC(C)=O)c2)CC1. The summed E-state index contributed by atoms with van der Waals surface area (Å²) in [5.41, 5.74) is 1.16. The molecule has 1 aromatic heterocycles. The Labute approximate surface area is 148 Å². The molecule has 2 heterocycles. The van der Waals surface area contributed by atoms with Crippen LogP contribution in [0.15, 0.2) is 18.3 Å². The molecule has 0 atom stereocenters. The Kier molecular flexibility index (Phi) is 6.91. The maximum atomic E-state index is 12.0. The number of piperidine rings is 1. The average Bonchev–Trinajstić information content (AvgIpc) is 2.58. The third kappa shape index (κ3) is 6.52. The number of carbonyl (C=O) groups excluding carboxylic acids is 3. The third-order valence-electron chi connectivity index (χ3n) is 4.43. The lowest BCUT2D eigenvalue weighted by Gasteiger charge is -2.32. The number of aryl methyl sites for hydroxylation is 1. The van der Waals surface area contributed by atoms with Gasteiger partial charge >= 0.3 is 0 Å². The highest BCUT2D eigenvalue weighted by Crippen LogP contribution is 2.23. The van der Waals surface area contributed by atoms with Crippen LogP contribution >= 0.6 is 0 Å². The van der Waals surface area contributed by atoms with E-state index < -0.39 is 0 Å². The van der Waals surface area contributed by atoms with Crippen LogP contribution in [0.2, 0.25) is 0 Å². The van der Waals surface area contributed by atoms with Crippen LogP contribution in [0.1, 0.15) is 38.7 Å². The van der Waals surface area contributed by atoms with E-state index in [-0.39, 0.29) is 24.3 Å². The molecule has 2 N–H and O–H groups in total. The zero-order valence-electron chi connectivity index (χ0n) is 14.9. The Hall–Kier alpha value is -2.44. The largest absolute Gasteiger partial charge is 0.347 e. The van der Waals surface area contributed by atoms with Crippen LogP contribution in [0.5, 0.6) is 0 Å². The molecule has 3 amide bonds. The molecular weight excluding hydrogens is 320 g/mol. The highest BCUT2D eigenvalue weighted by Gasteiger charge is 2.22. The Morgan fingerprint density at radius 2 is 1.92 bits per heavy atom. The number of likely N-dealkylation sites (tertiary alicyclic amines) is 1. The molecule has 0 spiro atoms. The first-order valence-electron chi connectivity index (χ1n) is 8.69. The summed E-state index contributed by atoms with van der Waals surface area (Å²) in [5, 5.41) is 5.25. The molecule has 0 unspecified atom stereocenters. The van der Waals surface area contributed by atoms with Crippen molar-refractivity contribution in [2.75, 3.05) is 25.0 Å². The van der Waals surface area contributed by atoms with Gasteiger partial charge in [-0.2, -0.15) is 0 Å². The standard InChI is InChI=1S/C18H26N4O3/c1-13(23)20-12-18(25)22-9-6-15(7-10-22)3-4-16-5-8-19-17(11-16)21-14(2)24/h5,8,11,15H,3-4,6-7,9-10,12H2,1-2H3,(H,20,23)(H,19,21,24). The minimum Gasteiger partial charge on any atom is -0.347 e. The van der Waals surface area contributed by atoms with Gasteiger partial charge in [-0.15, -0.1) is 0 Å². The van der Waals surface area contributed by atoms with E-state index in [4.69, 9.17) is 0 Å². The number of hydrogen-bond acceptors (Lipinski definition) is 4. The van der Waals surface area contributed by atoms with Gasteiger partial charge in [-0.05, 0) is 49.3 Å². The first kappa shape index (κ1) is 18.9. The second-order valence-corrected chi connectivity index (χ2v) is 6.50. The topological polar surface area (TPSA) is 91.4 Å². The average molecular weight is 346 g/mol. The van der Waals surface area contributed by atoms with Gasteiger partial charge in [0, 0.05) is 33.1 Å². The Morgan fingerprint density at radius 1 is 1.20 bits per heavy atom. The van der Waals surface area contributed by atoms with Gasteiger partial charge < -0.3 is 15.5 Å². The lowest BCUT2D eigenvalue weighted by atomic mass is 9.90. The number of aromatic nitrogens is 1. The molecule has 0 aromatic carbocycles. The van der Waals surface area contributed by atoms with Crippen LogP contribution in [0.25, 0.3) is 0 Å². The summed E-state index contributed by atoms with van der Waals surface area (Å²) in [6.45, 7) is 4.46. The van der Waals surface area contributed by atoms with E-state index in [1.54, 1.807) is 6.20 Å². The van der Waals surface area contributed by atoms with Crippen molar-refractivity contribution < 1.29 is 14.4 Å². The highest BCUT2D eigenvalue weighted by molar-refractivity contribution is 5.87. The van der Waals surface area contributed by atoms with Crippen molar-refractivity contribution in [1.29, 1.82) is 0 Å². The molecule has 1 fully saturated rings. The van der Waals surface area contributed by atoms with E-state index in [2.05, 4.69) is 15.6 Å². The fraction of sp³-hybridized carbons (Fsp3) is 0.556. The fourth-order valence-corrected chi connectivity index (χ4v) is 3.03. The van der Waals surface area contributed by atoms with E-state index in [9.17, 15) is 14.4 Å². The fourth-order valence-electron chi connectivity index (χ4n) is 3.03. The lowest BCUT2D eigenvalue weighted by molar-refractivity contribution is -0.133. The van der Waals surface area contributed by atoms with Crippen molar-refractivity contribution in [3.8, 4) is 0 Å². The van der Waals surface area contributed by atoms with Gasteiger partial charge in [0.2, 0.25) is 17.7 Å². The molecular formula is C18H26N4O3. The van der Waals surface area contributed by atoms with E-state index in [0.717, 1.165) is 44.3 Å². The molecule has 7 heteroatoms. The number of carbonyl (C=O) groups is 3. The number of pyridine rings is 1. The summed E-state index contributed by atoms with van der Waals surface area (Å²) in [4.78, 5) is 39.9. The number of rotatable bonds is 6. The van der Waals surface area contributed by atoms with Gasteiger partial charge in [0.15, 0.2) is 0 Å². The van der Waals surface area contributed by atoms with Gasteiger partial charge in [0.05, 0.1) is 6.54 Å². The van der Waals surface area contributed by atoms with E-state index in [0.29, 0.717) is 11.7 Å². The van der Waals surface area contributed by atoms with E-state index in [1.165, 1.54) is 13.8 Å². The zero-order chi connectivity index (χ0) is 18.2. The van der Waals surface area contributed by atoms with Crippen LogP contribution in [0.4, 0.5) is 5.82 Å². The van der Waals surface area contributed by atoms with Crippen molar-refractivity contribution in [2.24, 2.45) is 5.92 Å². The summed E-state index contributed by atoms with van der Waals surface area (Å²) in [7, 11) is 0. The first-order chi connectivity index (χ1) is 11.9. The second kappa shape index (κ2) is 9.15. The maximum Gasteiger partial charge on any atom is 0.241 e. The molecule has 0 saturated carbocycles. The molecule has 25 heavy (non-hydrogen) atoms. The van der Waals surface area contributed by atoms with Crippen molar-refractivity contribution >= 4 is 23.5 Å². The number of nitrogens with one attached hydrogen (secondary N) is 2. The molecule has 1 aromatic rings. The van der Waals surface area contributed by atoms with Gasteiger partial charge in [0.25, 0.3) is 0 Å². The monoisotopic (exact) mass is 346 g/mol. The minimum absolute atomic E-state index is 0.0114. The summed E-state index contributed by atoms with van der Waals surface area (Å²) in [6, 6.07) is 3.88. The molecule has 2 rings (SSSR count). The Balaban J connectivity index is 1.74. The molecule has 1 saturated heterocycles. The summed E-state index contributed by atoms with van der Waals surface area (Å²) < 4.78 is 0. The zero-order valence-corrected chi connectivity index (χ0v) is 14.9. The lowest BCUT2D eigenvalue weighted by Crippen LogP contribution is -2.43. The second-order valence-electron chi connectivity index (χ2n) is 6.50. The van der Waals surface area contributed by atoms with Crippen LogP contribution in [0.3, 0.4) is 0 Å². The predicted molar refractivity (Wildman–Crippen MR) is 94.8 cm³/mol. The van der Waals surface area contributed by atoms with Gasteiger partial charge in [-0.1, -0.05) is 0 Å². The van der Waals surface area contributed by atoms with Crippen molar-refractivity contribution in [2.45, 2.75) is 39.5 Å². The summed E-state index contributed by atoms with van der Waals surface area (Å²) in [5.74, 6) is 0.855.